The Hall–Kier alpha value is -1.54. The lowest BCUT2D eigenvalue weighted by atomic mass is 10.2. The second-order valence-electron chi connectivity index (χ2n) is 3.85. The lowest BCUT2D eigenvalue weighted by Gasteiger charge is -2.11. The van der Waals surface area contributed by atoms with Gasteiger partial charge in [0.2, 0.25) is 0 Å². The molecule has 2 aromatic rings. The highest BCUT2D eigenvalue weighted by Crippen LogP contribution is 2.32. The van der Waals surface area contributed by atoms with Gasteiger partial charge in [-0.25, -0.2) is 9.89 Å². The summed E-state index contributed by atoms with van der Waals surface area (Å²) >= 11 is 1.47. The second-order valence-corrected chi connectivity index (χ2v) is 5.02. The van der Waals surface area contributed by atoms with Crippen LogP contribution in [0.4, 0.5) is 0 Å². The van der Waals surface area contributed by atoms with Gasteiger partial charge in [-0.1, -0.05) is 11.8 Å². The zero-order valence-corrected chi connectivity index (χ0v) is 11.1. The number of aromatic nitrogens is 5. The Bertz CT molecular complexity index is 571. The maximum atomic E-state index is 11.5. The van der Waals surface area contributed by atoms with E-state index in [0.717, 1.165) is 5.56 Å². The van der Waals surface area contributed by atoms with E-state index in [1.54, 1.807) is 15.4 Å². The fourth-order valence-corrected chi connectivity index (χ4v) is 2.70. The average molecular weight is 268 g/mol. The molecule has 1 unspecified atom stereocenters. The van der Waals surface area contributed by atoms with Gasteiger partial charge < -0.3 is 5.73 Å². The van der Waals surface area contributed by atoms with Crippen LogP contribution >= 0.6 is 11.8 Å². The number of nitrogens with two attached hydrogens (primary N) is 1. The zero-order valence-electron chi connectivity index (χ0n) is 10.3. The molecule has 7 nitrogen and oxygen atoms in total. The summed E-state index contributed by atoms with van der Waals surface area (Å²) in [4.78, 5) is 11.5. The van der Waals surface area contributed by atoms with E-state index >= 15 is 0 Å². The van der Waals surface area contributed by atoms with Crippen LogP contribution in [0.25, 0.3) is 0 Å². The molecule has 0 bridgehead atoms. The molecule has 0 saturated heterocycles. The number of aromatic amines is 1. The molecule has 0 aliphatic heterocycles. The van der Waals surface area contributed by atoms with Crippen LogP contribution < -0.4 is 11.4 Å². The Morgan fingerprint density at radius 2 is 2.39 bits per heavy atom. The molecule has 0 amide bonds. The largest absolute Gasteiger partial charge is 0.343 e. The summed E-state index contributed by atoms with van der Waals surface area (Å²) in [6.45, 7) is 2.95. The summed E-state index contributed by atoms with van der Waals surface area (Å²) in [6, 6.07) is 0. The van der Waals surface area contributed by atoms with Gasteiger partial charge >= 0.3 is 5.69 Å². The molecule has 0 aliphatic carbocycles. The predicted octanol–water partition coefficient (Wildman–Crippen LogP) is 0.117. The van der Waals surface area contributed by atoms with E-state index in [9.17, 15) is 4.79 Å². The van der Waals surface area contributed by atoms with Crippen LogP contribution in [0.1, 0.15) is 17.7 Å². The minimum absolute atomic E-state index is 0.0409. The molecule has 0 radical (unpaired) electrons. The maximum absolute atomic E-state index is 11.5. The molecule has 0 aliphatic rings. The summed E-state index contributed by atoms with van der Waals surface area (Å²) in [7, 11) is 1.86. The van der Waals surface area contributed by atoms with Gasteiger partial charge in [-0.3, -0.25) is 9.25 Å². The van der Waals surface area contributed by atoms with Gasteiger partial charge in [0.25, 0.3) is 0 Å². The quantitative estimate of drug-likeness (QED) is 0.751. The number of aryl methyl sites for hydroxylation is 1. The first-order valence-electron chi connectivity index (χ1n) is 5.66. The summed E-state index contributed by atoms with van der Waals surface area (Å²) < 4.78 is 3.32. The number of hydrogen-bond acceptors (Lipinski definition) is 5. The van der Waals surface area contributed by atoms with Gasteiger partial charge in [0, 0.05) is 31.9 Å². The van der Waals surface area contributed by atoms with Crippen molar-refractivity contribution < 1.29 is 0 Å². The van der Waals surface area contributed by atoms with Crippen LogP contribution in [0.3, 0.4) is 0 Å². The van der Waals surface area contributed by atoms with Crippen molar-refractivity contribution in [2.45, 2.75) is 23.9 Å². The molecule has 0 fully saturated rings. The minimum atomic E-state index is -0.193. The topological polar surface area (TPSA) is 94.5 Å². The van der Waals surface area contributed by atoms with Gasteiger partial charge in [0.05, 0.1) is 11.4 Å². The van der Waals surface area contributed by atoms with Gasteiger partial charge in [-0.05, 0) is 6.92 Å². The number of H-pyrrole nitrogens is 1. The molecule has 2 rings (SSSR count). The molecular formula is C10H16N6OS. The molecule has 2 heterocycles. The summed E-state index contributed by atoms with van der Waals surface area (Å²) in [5.41, 5.74) is 6.62. The standard InChI is InChI=1S/C10H16N6OS/c1-3-16-9(17)13-14-10(16)18-8(4-11)7-5-12-15(2)6-7/h5-6,8H,3-4,11H2,1-2H3,(H,13,17). The Labute approximate surface area is 108 Å². The molecule has 8 heteroatoms. The van der Waals surface area contributed by atoms with Crippen molar-refractivity contribution in [2.24, 2.45) is 12.8 Å². The third-order valence-electron chi connectivity index (χ3n) is 2.60. The molecule has 1 atom stereocenters. The highest BCUT2D eigenvalue weighted by molar-refractivity contribution is 7.99. The van der Waals surface area contributed by atoms with Crippen molar-refractivity contribution in [3.8, 4) is 0 Å². The molecular weight excluding hydrogens is 252 g/mol. The average Bonchev–Trinajstić information content (AvgIpc) is 2.92. The smallest absolute Gasteiger partial charge is 0.329 e. The number of hydrogen-bond donors (Lipinski definition) is 2. The Balaban J connectivity index is 2.23. The molecule has 0 aromatic carbocycles. The van der Waals surface area contributed by atoms with E-state index in [1.165, 1.54) is 11.8 Å². The number of thioether (sulfide) groups is 1. The van der Waals surface area contributed by atoms with Gasteiger partial charge in [-0.15, -0.1) is 5.10 Å². The molecule has 2 aromatic heterocycles. The van der Waals surface area contributed by atoms with Crippen molar-refractivity contribution in [1.82, 2.24) is 24.5 Å². The normalized spacial score (nSPS) is 12.8. The van der Waals surface area contributed by atoms with Crippen LogP contribution in [-0.4, -0.2) is 31.1 Å². The molecule has 18 heavy (non-hydrogen) atoms. The van der Waals surface area contributed by atoms with E-state index < -0.39 is 0 Å². The lowest BCUT2D eigenvalue weighted by molar-refractivity contribution is 0.658. The van der Waals surface area contributed by atoms with Gasteiger partial charge in [0.1, 0.15) is 0 Å². The first-order chi connectivity index (χ1) is 8.65. The monoisotopic (exact) mass is 268 g/mol. The second kappa shape index (κ2) is 5.40. The Kier molecular flexibility index (Phi) is 3.87. The predicted molar refractivity (Wildman–Crippen MR) is 69.4 cm³/mol. The zero-order chi connectivity index (χ0) is 13.1. The highest BCUT2D eigenvalue weighted by atomic mass is 32.2. The van der Waals surface area contributed by atoms with Crippen LogP contribution in [-0.2, 0) is 13.6 Å². The van der Waals surface area contributed by atoms with E-state index in [1.807, 2.05) is 20.2 Å². The first-order valence-corrected chi connectivity index (χ1v) is 6.54. The third kappa shape index (κ3) is 2.49. The third-order valence-corrected chi connectivity index (χ3v) is 3.87. The molecule has 98 valence electrons. The molecule has 0 saturated carbocycles. The van der Waals surface area contributed by atoms with E-state index in [-0.39, 0.29) is 10.9 Å². The SMILES string of the molecule is CCn1c(SC(CN)c2cnn(C)c2)n[nH]c1=O. The summed E-state index contributed by atoms with van der Waals surface area (Å²) in [5, 5.41) is 11.3. The Morgan fingerprint density at radius 1 is 1.61 bits per heavy atom. The van der Waals surface area contributed by atoms with Gasteiger partial charge in [0.15, 0.2) is 5.16 Å². The Morgan fingerprint density at radius 3 is 2.94 bits per heavy atom. The van der Waals surface area contributed by atoms with Crippen molar-refractivity contribution in [1.29, 1.82) is 0 Å². The maximum Gasteiger partial charge on any atom is 0.343 e. The summed E-state index contributed by atoms with van der Waals surface area (Å²) in [5.74, 6) is 0. The van der Waals surface area contributed by atoms with Crippen molar-refractivity contribution >= 4 is 11.8 Å². The lowest BCUT2D eigenvalue weighted by Crippen LogP contribution is -2.17. The molecule has 3 N–H and O–H groups in total. The first kappa shape index (κ1) is 12.9. The van der Waals surface area contributed by atoms with E-state index in [2.05, 4.69) is 15.3 Å². The van der Waals surface area contributed by atoms with E-state index in [4.69, 9.17) is 5.73 Å². The van der Waals surface area contributed by atoms with Crippen molar-refractivity contribution in [3.63, 3.8) is 0 Å². The number of rotatable bonds is 5. The fourth-order valence-electron chi connectivity index (χ4n) is 1.66. The fraction of sp³-hybridized carbons (Fsp3) is 0.500. The van der Waals surface area contributed by atoms with Crippen LogP contribution in [0.15, 0.2) is 22.3 Å². The summed E-state index contributed by atoms with van der Waals surface area (Å²) in [6.07, 6.45) is 3.71. The molecule has 0 spiro atoms. The minimum Gasteiger partial charge on any atom is -0.329 e. The van der Waals surface area contributed by atoms with Crippen LogP contribution in [0.2, 0.25) is 0 Å². The van der Waals surface area contributed by atoms with Gasteiger partial charge in [-0.2, -0.15) is 5.10 Å². The van der Waals surface area contributed by atoms with Crippen molar-refractivity contribution in [3.05, 3.63) is 28.4 Å². The number of nitrogens with one attached hydrogen (secondary N) is 1. The van der Waals surface area contributed by atoms with Crippen LogP contribution in [0.5, 0.6) is 0 Å². The number of nitrogens with zero attached hydrogens (tertiary/aromatic N) is 4. The highest BCUT2D eigenvalue weighted by Gasteiger charge is 2.17. The van der Waals surface area contributed by atoms with Crippen molar-refractivity contribution in [2.75, 3.05) is 6.54 Å². The van der Waals surface area contributed by atoms with Crippen LogP contribution in [0, 0.1) is 0 Å². The van der Waals surface area contributed by atoms with E-state index in [0.29, 0.717) is 18.2 Å².